The highest BCUT2D eigenvalue weighted by Crippen LogP contribution is 2.37. The first kappa shape index (κ1) is 17.5. The Kier molecular flexibility index (Phi) is 4.23. The number of aromatic nitrogens is 4. The summed E-state index contributed by atoms with van der Waals surface area (Å²) in [6.45, 7) is 0.623. The normalized spacial score (nSPS) is 17.4. The van der Waals surface area contributed by atoms with E-state index in [0.717, 1.165) is 26.9 Å². The number of thiophene rings is 1. The van der Waals surface area contributed by atoms with E-state index < -0.39 is 5.92 Å². The van der Waals surface area contributed by atoms with Gasteiger partial charge in [0, 0.05) is 70.1 Å². The summed E-state index contributed by atoms with van der Waals surface area (Å²) >= 11 is 1.71. The van der Waals surface area contributed by atoms with Crippen LogP contribution < -0.4 is 5.32 Å². The first-order valence-corrected chi connectivity index (χ1v) is 10.2. The maximum absolute atomic E-state index is 13.3. The van der Waals surface area contributed by atoms with Gasteiger partial charge in [0.15, 0.2) is 0 Å². The molecule has 0 bridgehead atoms. The molecular weight excluding hydrogens is 380 g/mol. The van der Waals surface area contributed by atoms with Crippen LogP contribution >= 0.6 is 11.3 Å². The minimum Gasteiger partial charge on any atom is -0.354 e. The van der Waals surface area contributed by atoms with Gasteiger partial charge in [-0.2, -0.15) is 4.98 Å². The van der Waals surface area contributed by atoms with Crippen molar-refractivity contribution in [3.05, 3.63) is 36.9 Å². The third-order valence-electron chi connectivity index (χ3n) is 5.40. The highest BCUT2D eigenvalue weighted by Gasteiger charge is 2.34. The van der Waals surface area contributed by atoms with E-state index >= 15 is 0 Å². The second-order valence-electron chi connectivity index (χ2n) is 7.36. The molecule has 0 spiro atoms. The molecule has 0 unspecified atom stereocenters. The molecule has 0 saturated heterocycles. The minimum atomic E-state index is -2.49. The molecule has 4 heterocycles. The lowest BCUT2D eigenvalue weighted by Crippen LogP contribution is -2.28. The van der Waals surface area contributed by atoms with Gasteiger partial charge in [-0.15, -0.1) is 11.3 Å². The van der Waals surface area contributed by atoms with Gasteiger partial charge in [0.05, 0.1) is 0 Å². The van der Waals surface area contributed by atoms with Crippen LogP contribution in [-0.2, 0) is 0 Å². The van der Waals surface area contributed by atoms with E-state index in [-0.39, 0.29) is 18.8 Å². The summed E-state index contributed by atoms with van der Waals surface area (Å²) in [6.07, 6.45) is 8.45. The predicted molar refractivity (Wildman–Crippen MR) is 108 cm³/mol. The summed E-state index contributed by atoms with van der Waals surface area (Å²) in [6, 6.07) is 4.14. The first-order chi connectivity index (χ1) is 13.6. The number of aromatic amines is 1. The number of alkyl halides is 2. The second kappa shape index (κ2) is 6.77. The van der Waals surface area contributed by atoms with Gasteiger partial charge >= 0.3 is 0 Å². The number of nitrogens with one attached hydrogen (secondary N) is 2. The molecule has 0 atom stereocenters. The van der Waals surface area contributed by atoms with Gasteiger partial charge in [0.1, 0.15) is 5.65 Å². The zero-order valence-corrected chi connectivity index (χ0v) is 15.9. The van der Waals surface area contributed by atoms with E-state index in [0.29, 0.717) is 25.3 Å². The lowest BCUT2D eigenvalue weighted by molar-refractivity contribution is -0.0443. The van der Waals surface area contributed by atoms with Gasteiger partial charge in [-0.3, -0.25) is 4.98 Å². The molecule has 5 rings (SSSR count). The van der Waals surface area contributed by atoms with Crippen LogP contribution in [0.1, 0.15) is 25.7 Å². The van der Waals surface area contributed by atoms with E-state index in [9.17, 15) is 8.78 Å². The van der Waals surface area contributed by atoms with Crippen molar-refractivity contribution in [2.45, 2.75) is 31.6 Å². The molecule has 0 amide bonds. The molecular formula is C20H19F2N5S. The molecule has 0 radical (unpaired) electrons. The lowest BCUT2D eigenvalue weighted by Gasteiger charge is -2.28. The largest absolute Gasteiger partial charge is 0.354 e. The topological polar surface area (TPSA) is 66.5 Å². The Morgan fingerprint density at radius 2 is 2.11 bits per heavy atom. The van der Waals surface area contributed by atoms with E-state index in [1.807, 2.05) is 24.7 Å². The standard InChI is InChI=1S/C20H19F2N5S/c21-20(22)4-1-12(2-5-20)8-25-19-26-11-15-14(10-24-18(15)27-19)17-7-13-9-23-6-3-16(13)28-17/h3,6-7,9-12H,1-2,4-5,8H2,(H2,24,25,26,27). The van der Waals surface area contributed by atoms with Crippen molar-refractivity contribution in [2.24, 2.45) is 5.92 Å². The zero-order valence-electron chi connectivity index (χ0n) is 15.1. The number of fused-ring (bicyclic) bond motifs is 2. The Bertz CT molecular complexity index is 1090. The number of halogens is 2. The van der Waals surface area contributed by atoms with Crippen molar-refractivity contribution in [3.8, 4) is 10.4 Å². The molecule has 5 nitrogen and oxygen atoms in total. The SMILES string of the molecule is FC1(F)CCC(CNc2ncc3c(-c4cc5cnccc5s4)c[nH]c3n2)CC1. The monoisotopic (exact) mass is 399 g/mol. The lowest BCUT2D eigenvalue weighted by atomic mass is 9.87. The van der Waals surface area contributed by atoms with E-state index in [1.54, 1.807) is 17.5 Å². The molecule has 0 aromatic carbocycles. The summed E-state index contributed by atoms with van der Waals surface area (Å²) in [4.78, 5) is 17.5. The number of hydrogen-bond donors (Lipinski definition) is 2. The fourth-order valence-electron chi connectivity index (χ4n) is 3.75. The number of hydrogen-bond acceptors (Lipinski definition) is 5. The van der Waals surface area contributed by atoms with Crippen LogP contribution in [0.2, 0.25) is 0 Å². The number of anilines is 1. The predicted octanol–water partition coefficient (Wildman–Crippen LogP) is 5.47. The summed E-state index contributed by atoms with van der Waals surface area (Å²) in [7, 11) is 0. The maximum Gasteiger partial charge on any atom is 0.248 e. The third-order valence-corrected chi connectivity index (χ3v) is 6.55. The van der Waals surface area contributed by atoms with Crippen LogP contribution in [0.4, 0.5) is 14.7 Å². The van der Waals surface area contributed by atoms with Crippen LogP contribution in [0.3, 0.4) is 0 Å². The first-order valence-electron chi connectivity index (χ1n) is 9.37. The second-order valence-corrected chi connectivity index (χ2v) is 8.45. The molecule has 4 aromatic rings. The van der Waals surface area contributed by atoms with Crippen molar-refractivity contribution >= 4 is 38.4 Å². The van der Waals surface area contributed by atoms with Gasteiger partial charge in [-0.05, 0) is 30.9 Å². The zero-order chi connectivity index (χ0) is 19.1. The quantitative estimate of drug-likeness (QED) is 0.477. The van der Waals surface area contributed by atoms with Crippen LogP contribution in [0.15, 0.2) is 36.9 Å². The van der Waals surface area contributed by atoms with Crippen LogP contribution in [0.25, 0.3) is 31.6 Å². The fraction of sp³-hybridized carbons (Fsp3) is 0.350. The van der Waals surface area contributed by atoms with Crippen LogP contribution in [0, 0.1) is 5.92 Å². The van der Waals surface area contributed by atoms with E-state index in [1.165, 1.54) is 4.70 Å². The minimum absolute atomic E-state index is 0.0239. The van der Waals surface area contributed by atoms with Crippen molar-refractivity contribution < 1.29 is 8.78 Å². The van der Waals surface area contributed by atoms with Crippen LogP contribution in [-0.4, -0.2) is 32.4 Å². The molecule has 144 valence electrons. The van der Waals surface area contributed by atoms with E-state index in [4.69, 9.17) is 0 Å². The summed E-state index contributed by atoms with van der Waals surface area (Å²) in [5.41, 5.74) is 1.83. The summed E-state index contributed by atoms with van der Waals surface area (Å²) < 4.78 is 27.7. The molecule has 2 N–H and O–H groups in total. The van der Waals surface area contributed by atoms with Gasteiger partial charge in [0.25, 0.3) is 0 Å². The van der Waals surface area contributed by atoms with Crippen molar-refractivity contribution in [2.75, 3.05) is 11.9 Å². The fourth-order valence-corrected chi connectivity index (χ4v) is 4.81. The summed E-state index contributed by atoms with van der Waals surface area (Å²) in [5, 5.41) is 5.29. The Morgan fingerprint density at radius 1 is 1.25 bits per heavy atom. The summed E-state index contributed by atoms with van der Waals surface area (Å²) in [5.74, 6) is -1.72. The maximum atomic E-state index is 13.3. The number of H-pyrrole nitrogens is 1. The average Bonchev–Trinajstić information content (AvgIpc) is 3.30. The van der Waals surface area contributed by atoms with Gasteiger partial charge in [0.2, 0.25) is 11.9 Å². The van der Waals surface area contributed by atoms with Crippen molar-refractivity contribution in [3.63, 3.8) is 0 Å². The smallest absolute Gasteiger partial charge is 0.248 e. The molecule has 1 aliphatic carbocycles. The average molecular weight is 399 g/mol. The third kappa shape index (κ3) is 3.32. The molecule has 1 fully saturated rings. The van der Waals surface area contributed by atoms with Crippen LogP contribution in [0.5, 0.6) is 0 Å². The van der Waals surface area contributed by atoms with E-state index in [2.05, 4.69) is 31.3 Å². The molecule has 4 aromatic heterocycles. The molecule has 8 heteroatoms. The molecule has 0 aliphatic heterocycles. The Balaban J connectivity index is 1.33. The highest BCUT2D eigenvalue weighted by atomic mass is 32.1. The van der Waals surface area contributed by atoms with Gasteiger partial charge in [-0.25, -0.2) is 13.8 Å². The molecule has 1 saturated carbocycles. The van der Waals surface area contributed by atoms with Crippen molar-refractivity contribution in [1.29, 1.82) is 0 Å². The highest BCUT2D eigenvalue weighted by molar-refractivity contribution is 7.22. The molecule has 1 aliphatic rings. The molecule has 28 heavy (non-hydrogen) atoms. The number of pyridine rings is 1. The van der Waals surface area contributed by atoms with Gasteiger partial charge in [-0.1, -0.05) is 0 Å². The Morgan fingerprint density at radius 3 is 2.93 bits per heavy atom. The van der Waals surface area contributed by atoms with Crippen molar-refractivity contribution in [1.82, 2.24) is 19.9 Å². The Hall–Kier alpha value is -2.61. The van der Waals surface area contributed by atoms with Gasteiger partial charge < -0.3 is 10.3 Å². The number of nitrogens with zero attached hydrogens (tertiary/aromatic N) is 3. The Labute approximate surface area is 164 Å². The number of rotatable bonds is 4.